The summed E-state index contributed by atoms with van der Waals surface area (Å²) in [6, 6.07) is 0. The molecule has 1 aliphatic heterocycles. The Balaban J connectivity index is 2.28. The van der Waals surface area contributed by atoms with Gasteiger partial charge in [0.25, 0.3) is 0 Å². The van der Waals surface area contributed by atoms with Gasteiger partial charge in [-0.25, -0.2) is 8.78 Å². The summed E-state index contributed by atoms with van der Waals surface area (Å²) in [5, 5.41) is 9.46. The maximum Gasteiger partial charge on any atom is 0.330 e. The zero-order valence-corrected chi connectivity index (χ0v) is 9.04. The zero-order chi connectivity index (χ0) is 12.9. The monoisotopic (exact) mass is 258 g/mol. The lowest BCUT2D eigenvalue weighted by atomic mass is 10.2. The van der Waals surface area contributed by atoms with Gasteiger partial charge in [-0.3, -0.25) is 0 Å². The number of hydrogen-bond donors (Lipinski definition) is 1. The topological polar surface area (TPSA) is 38.7 Å². The van der Waals surface area contributed by atoms with Crippen LogP contribution in [0, 0.1) is 0 Å². The number of rotatable bonds is 6. The number of aliphatic hydroxyl groups is 1. The summed E-state index contributed by atoms with van der Waals surface area (Å²) in [7, 11) is 0. The van der Waals surface area contributed by atoms with Crippen molar-refractivity contribution in [2.75, 3.05) is 19.8 Å². The molecule has 0 amide bonds. The standard InChI is InChI=1S/C10H14F4O3/c11-9(12)10(13,14)6-16-5-7(15)8-3-1-2-4-17-8/h3,7,9,15H,1-2,4-6H2. The first kappa shape index (κ1) is 14.2. The molecule has 0 radical (unpaired) electrons. The molecule has 0 aromatic rings. The van der Waals surface area contributed by atoms with Gasteiger partial charge in [0.15, 0.2) is 0 Å². The van der Waals surface area contributed by atoms with Crippen LogP contribution in [0.1, 0.15) is 12.8 Å². The second-order valence-corrected chi connectivity index (χ2v) is 3.69. The highest BCUT2D eigenvalue weighted by molar-refractivity contribution is 5.02. The van der Waals surface area contributed by atoms with Crippen molar-refractivity contribution in [3.63, 3.8) is 0 Å². The number of hydrogen-bond acceptors (Lipinski definition) is 3. The molecule has 1 unspecified atom stereocenters. The van der Waals surface area contributed by atoms with Crippen molar-refractivity contribution >= 4 is 0 Å². The molecule has 0 spiro atoms. The molecule has 100 valence electrons. The molecule has 7 heteroatoms. The van der Waals surface area contributed by atoms with Gasteiger partial charge in [-0.2, -0.15) is 8.78 Å². The van der Waals surface area contributed by atoms with Gasteiger partial charge in [-0.1, -0.05) is 0 Å². The second kappa shape index (κ2) is 6.20. The third kappa shape index (κ3) is 4.51. The van der Waals surface area contributed by atoms with Crippen LogP contribution in [0.25, 0.3) is 0 Å². The number of alkyl halides is 4. The Kier molecular flexibility index (Phi) is 5.20. The highest BCUT2D eigenvalue weighted by atomic mass is 19.3. The largest absolute Gasteiger partial charge is 0.495 e. The predicted molar refractivity (Wildman–Crippen MR) is 51.0 cm³/mol. The SMILES string of the molecule is OC(COCC(F)(F)C(F)F)C1=CCCCO1. The van der Waals surface area contributed by atoms with Gasteiger partial charge in [0.2, 0.25) is 0 Å². The van der Waals surface area contributed by atoms with Crippen LogP contribution in [0.4, 0.5) is 17.6 Å². The molecule has 0 saturated carbocycles. The van der Waals surface area contributed by atoms with E-state index in [-0.39, 0.29) is 5.76 Å². The van der Waals surface area contributed by atoms with Gasteiger partial charge in [0, 0.05) is 0 Å². The summed E-state index contributed by atoms with van der Waals surface area (Å²) in [4.78, 5) is 0. The maximum absolute atomic E-state index is 12.4. The number of allylic oxidation sites excluding steroid dienone is 1. The van der Waals surface area contributed by atoms with Crippen LogP contribution >= 0.6 is 0 Å². The van der Waals surface area contributed by atoms with Crippen LogP contribution in [-0.2, 0) is 9.47 Å². The Morgan fingerprint density at radius 3 is 2.71 bits per heavy atom. The van der Waals surface area contributed by atoms with Gasteiger partial charge in [0.05, 0.1) is 13.2 Å². The Labute approximate surface area is 96.0 Å². The van der Waals surface area contributed by atoms with E-state index in [1.165, 1.54) is 0 Å². The Hall–Kier alpha value is -0.820. The molecule has 17 heavy (non-hydrogen) atoms. The minimum atomic E-state index is -4.19. The van der Waals surface area contributed by atoms with Crippen molar-refractivity contribution in [2.45, 2.75) is 31.3 Å². The second-order valence-electron chi connectivity index (χ2n) is 3.69. The molecular formula is C10H14F4O3. The van der Waals surface area contributed by atoms with E-state index in [9.17, 15) is 22.7 Å². The van der Waals surface area contributed by atoms with Crippen LogP contribution in [0.5, 0.6) is 0 Å². The normalized spacial score (nSPS) is 18.8. The lowest BCUT2D eigenvalue weighted by Gasteiger charge is -2.21. The van der Waals surface area contributed by atoms with E-state index in [0.29, 0.717) is 6.61 Å². The number of ether oxygens (including phenoxy) is 2. The summed E-state index contributed by atoms with van der Waals surface area (Å²) < 4.78 is 57.8. The van der Waals surface area contributed by atoms with Crippen molar-refractivity contribution in [3.05, 3.63) is 11.8 Å². The minimum absolute atomic E-state index is 0.247. The van der Waals surface area contributed by atoms with Crippen LogP contribution in [0.15, 0.2) is 11.8 Å². The van der Waals surface area contributed by atoms with Crippen LogP contribution in [0.2, 0.25) is 0 Å². The van der Waals surface area contributed by atoms with E-state index in [4.69, 9.17) is 4.74 Å². The lowest BCUT2D eigenvalue weighted by molar-refractivity contribution is -0.170. The molecule has 0 aromatic heterocycles. The summed E-state index contributed by atoms with van der Waals surface area (Å²) in [5.41, 5.74) is 0. The van der Waals surface area contributed by atoms with Crippen molar-refractivity contribution in [3.8, 4) is 0 Å². The van der Waals surface area contributed by atoms with Gasteiger partial charge in [0.1, 0.15) is 18.5 Å². The summed E-state index contributed by atoms with van der Waals surface area (Å²) in [5.74, 6) is -3.95. The van der Waals surface area contributed by atoms with E-state index in [1.807, 2.05) is 0 Å². The molecule has 1 N–H and O–H groups in total. The molecule has 1 atom stereocenters. The van der Waals surface area contributed by atoms with Crippen LogP contribution in [-0.4, -0.2) is 43.4 Å². The molecular weight excluding hydrogens is 244 g/mol. The molecule has 0 bridgehead atoms. The highest BCUT2D eigenvalue weighted by Gasteiger charge is 2.41. The molecule has 1 rings (SSSR count). The predicted octanol–water partition coefficient (Wildman–Crippen LogP) is 1.96. The van der Waals surface area contributed by atoms with Gasteiger partial charge in [-0.15, -0.1) is 0 Å². The fraction of sp³-hybridized carbons (Fsp3) is 0.800. The Bertz CT molecular complexity index is 268. The molecule has 0 fully saturated rings. The molecule has 1 heterocycles. The fourth-order valence-electron chi connectivity index (χ4n) is 1.26. The summed E-state index contributed by atoms with van der Waals surface area (Å²) in [6.07, 6.45) is -1.79. The van der Waals surface area contributed by atoms with Gasteiger partial charge < -0.3 is 14.6 Å². The first-order valence-electron chi connectivity index (χ1n) is 5.18. The highest BCUT2D eigenvalue weighted by Crippen LogP contribution is 2.23. The van der Waals surface area contributed by atoms with E-state index in [1.54, 1.807) is 6.08 Å². The zero-order valence-electron chi connectivity index (χ0n) is 9.04. The Morgan fingerprint density at radius 2 is 2.18 bits per heavy atom. The molecule has 1 aliphatic rings. The molecule has 3 nitrogen and oxygen atoms in total. The van der Waals surface area contributed by atoms with E-state index in [0.717, 1.165) is 12.8 Å². The quantitative estimate of drug-likeness (QED) is 0.740. The molecule has 0 saturated heterocycles. The molecule has 0 aliphatic carbocycles. The van der Waals surface area contributed by atoms with E-state index >= 15 is 0 Å². The Morgan fingerprint density at radius 1 is 1.47 bits per heavy atom. The third-order valence-electron chi connectivity index (χ3n) is 2.18. The summed E-state index contributed by atoms with van der Waals surface area (Å²) >= 11 is 0. The smallest absolute Gasteiger partial charge is 0.330 e. The van der Waals surface area contributed by atoms with Crippen molar-refractivity contribution in [1.82, 2.24) is 0 Å². The minimum Gasteiger partial charge on any atom is -0.495 e. The van der Waals surface area contributed by atoms with E-state index < -0.39 is 31.7 Å². The van der Waals surface area contributed by atoms with Crippen molar-refractivity contribution < 1.29 is 32.1 Å². The van der Waals surface area contributed by atoms with Crippen LogP contribution in [0.3, 0.4) is 0 Å². The molecule has 0 aromatic carbocycles. The first-order valence-corrected chi connectivity index (χ1v) is 5.18. The fourth-order valence-corrected chi connectivity index (χ4v) is 1.26. The lowest BCUT2D eigenvalue weighted by Crippen LogP contribution is -2.34. The third-order valence-corrected chi connectivity index (χ3v) is 2.18. The van der Waals surface area contributed by atoms with Gasteiger partial charge in [-0.05, 0) is 18.9 Å². The maximum atomic E-state index is 12.4. The summed E-state index contributed by atoms with van der Waals surface area (Å²) in [6.45, 7) is -1.47. The van der Waals surface area contributed by atoms with Crippen molar-refractivity contribution in [1.29, 1.82) is 0 Å². The number of aliphatic hydroxyl groups excluding tert-OH is 1. The average molecular weight is 258 g/mol. The van der Waals surface area contributed by atoms with Crippen LogP contribution < -0.4 is 0 Å². The van der Waals surface area contributed by atoms with Crippen molar-refractivity contribution in [2.24, 2.45) is 0 Å². The average Bonchev–Trinajstić information content (AvgIpc) is 2.29. The van der Waals surface area contributed by atoms with E-state index in [2.05, 4.69) is 4.74 Å². The van der Waals surface area contributed by atoms with Gasteiger partial charge >= 0.3 is 12.3 Å². The first-order chi connectivity index (χ1) is 7.93. The number of halogens is 4.